The standard InChI is InChI=1S/C17H29NO/c1-6-10-16(19-8-3)17(18-7-2)15-12-9-11-13(4)14(15)5/h9,11-12,16-18H,6-8,10H2,1-5H3. The van der Waals surface area contributed by atoms with Crippen LogP contribution in [0.25, 0.3) is 0 Å². The first kappa shape index (κ1) is 16.2. The Hall–Kier alpha value is -0.860. The Bertz CT molecular complexity index is 370. The van der Waals surface area contributed by atoms with Crippen LogP contribution in [0.5, 0.6) is 0 Å². The van der Waals surface area contributed by atoms with E-state index in [2.05, 4.69) is 58.1 Å². The molecule has 1 rings (SSSR count). The van der Waals surface area contributed by atoms with E-state index in [0.717, 1.165) is 26.0 Å². The Morgan fingerprint density at radius 1 is 1.16 bits per heavy atom. The minimum atomic E-state index is 0.260. The summed E-state index contributed by atoms with van der Waals surface area (Å²) in [5.41, 5.74) is 4.12. The highest BCUT2D eigenvalue weighted by atomic mass is 16.5. The third-order valence-electron chi connectivity index (χ3n) is 3.73. The number of benzene rings is 1. The van der Waals surface area contributed by atoms with Crippen molar-refractivity contribution in [3.8, 4) is 0 Å². The van der Waals surface area contributed by atoms with Crippen molar-refractivity contribution >= 4 is 0 Å². The first-order valence-corrected chi connectivity index (χ1v) is 7.56. The fourth-order valence-corrected chi connectivity index (χ4v) is 2.62. The third kappa shape index (κ3) is 4.32. The number of nitrogens with one attached hydrogen (secondary N) is 1. The number of hydrogen-bond acceptors (Lipinski definition) is 2. The van der Waals surface area contributed by atoms with Crippen LogP contribution < -0.4 is 5.32 Å². The van der Waals surface area contributed by atoms with Gasteiger partial charge in [-0.2, -0.15) is 0 Å². The maximum Gasteiger partial charge on any atom is 0.0769 e. The van der Waals surface area contributed by atoms with Gasteiger partial charge in [0.1, 0.15) is 0 Å². The van der Waals surface area contributed by atoms with Crippen molar-refractivity contribution in [1.82, 2.24) is 5.32 Å². The zero-order valence-electron chi connectivity index (χ0n) is 13.1. The number of rotatable bonds is 8. The molecular weight excluding hydrogens is 234 g/mol. The molecule has 2 heteroatoms. The summed E-state index contributed by atoms with van der Waals surface area (Å²) in [4.78, 5) is 0. The quantitative estimate of drug-likeness (QED) is 0.760. The lowest BCUT2D eigenvalue weighted by atomic mass is 9.92. The average Bonchev–Trinajstić information content (AvgIpc) is 2.40. The molecule has 0 saturated carbocycles. The first-order valence-electron chi connectivity index (χ1n) is 7.56. The Labute approximate surface area is 118 Å². The van der Waals surface area contributed by atoms with Crippen molar-refractivity contribution in [2.24, 2.45) is 0 Å². The molecule has 1 aromatic rings. The summed E-state index contributed by atoms with van der Waals surface area (Å²) >= 11 is 0. The molecule has 2 nitrogen and oxygen atoms in total. The lowest BCUT2D eigenvalue weighted by Gasteiger charge is -2.29. The van der Waals surface area contributed by atoms with Gasteiger partial charge in [-0.15, -0.1) is 0 Å². The van der Waals surface area contributed by atoms with Crippen molar-refractivity contribution in [2.75, 3.05) is 13.2 Å². The molecule has 0 saturated heterocycles. The van der Waals surface area contributed by atoms with Gasteiger partial charge in [-0.3, -0.25) is 0 Å². The van der Waals surface area contributed by atoms with Crippen molar-refractivity contribution in [3.05, 3.63) is 34.9 Å². The summed E-state index contributed by atoms with van der Waals surface area (Å²) in [6, 6.07) is 6.86. The van der Waals surface area contributed by atoms with Gasteiger partial charge in [0.2, 0.25) is 0 Å². The molecule has 0 heterocycles. The minimum Gasteiger partial charge on any atom is -0.377 e. The van der Waals surface area contributed by atoms with Crippen LogP contribution in [0.15, 0.2) is 18.2 Å². The van der Waals surface area contributed by atoms with E-state index in [0.29, 0.717) is 6.04 Å². The van der Waals surface area contributed by atoms with Crippen LogP contribution in [-0.4, -0.2) is 19.3 Å². The highest BCUT2D eigenvalue weighted by Gasteiger charge is 2.23. The molecule has 0 radical (unpaired) electrons. The monoisotopic (exact) mass is 263 g/mol. The normalized spacial score (nSPS) is 14.4. The van der Waals surface area contributed by atoms with E-state index in [-0.39, 0.29) is 6.10 Å². The van der Waals surface area contributed by atoms with Crippen molar-refractivity contribution in [1.29, 1.82) is 0 Å². The summed E-state index contributed by atoms with van der Waals surface area (Å²) < 4.78 is 5.98. The van der Waals surface area contributed by atoms with Gasteiger partial charge in [0.25, 0.3) is 0 Å². The van der Waals surface area contributed by atoms with Crippen LogP contribution in [0.3, 0.4) is 0 Å². The molecule has 0 aliphatic heterocycles. The number of likely N-dealkylation sites (N-methyl/N-ethyl adjacent to an activating group) is 1. The summed E-state index contributed by atoms with van der Waals surface area (Å²) in [5, 5.41) is 3.61. The Morgan fingerprint density at radius 3 is 2.47 bits per heavy atom. The molecule has 0 spiro atoms. The summed E-state index contributed by atoms with van der Waals surface area (Å²) in [6.45, 7) is 12.6. The van der Waals surface area contributed by atoms with E-state index in [4.69, 9.17) is 4.74 Å². The third-order valence-corrected chi connectivity index (χ3v) is 3.73. The molecule has 1 N–H and O–H groups in total. The van der Waals surface area contributed by atoms with E-state index < -0.39 is 0 Å². The van der Waals surface area contributed by atoms with E-state index in [9.17, 15) is 0 Å². The van der Waals surface area contributed by atoms with Crippen molar-refractivity contribution in [2.45, 2.75) is 59.6 Å². The summed E-state index contributed by atoms with van der Waals surface area (Å²) in [5.74, 6) is 0. The molecule has 0 amide bonds. The number of ether oxygens (including phenoxy) is 1. The summed E-state index contributed by atoms with van der Waals surface area (Å²) in [7, 11) is 0. The second-order valence-electron chi connectivity index (χ2n) is 5.11. The zero-order valence-corrected chi connectivity index (χ0v) is 13.1. The summed E-state index contributed by atoms with van der Waals surface area (Å²) in [6.07, 6.45) is 2.51. The van der Waals surface area contributed by atoms with Crippen LogP contribution in [0.2, 0.25) is 0 Å². The molecule has 1 aromatic carbocycles. The fourth-order valence-electron chi connectivity index (χ4n) is 2.62. The molecule has 2 atom stereocenters. The zero-order chi connectivity index (χ0) is 14.3. The number of hydrogen-bond donors (Lipinski definition) is 1. The van der Waals surface area contributed by atoms with Gasteiger partial charge >= 0.3 is 0 Å². The molecule has 0 aromatic heterocycles. The highest BCUT2D eigenvalue weighted by molar-refractivity contribution is 5.36. The second kappa shape index (κ2) is 8.34. The van der Waals surface area contributed by atoms with Gasteiger partial charge in [0.15, 0.2) is 0 Å². The van der Waals surface area contributed by atoms with Gasteiger partial charge in [0.05, 0.1) is 12.1 Å². The molecular formula is C17H29NO. The molecule has 0 fully saturated rings. The van der Waals surface area contributed by atoms with Crippen LogP contribution in [-0.2, 0) is 4.74 Å². The van der Waals surface area contributed by atoms with Crippen LogP contribution in [0.4, 0.5) is 0 Å². The van der Waals surface area contributed by atoms with Crippen molar-refractivity contribution < 1.29 is 4.74 Å². The second-order valence-corrected chi connectivity index (χ2v) is 5.11. The lowest BCUT2D eigenvalue weighted by Crippen LogP contribution is -2.34. The molecule has 0 aliphatic carbocycles. The van der Waals surface area contributed by atoms with Gasteiger partial charge in [0, 0.05) is 6.61 Å². The Morgan fingerprint density at radius 2 is 1.89 bits per heavy atom. The Kier molecular flexibility index (Phi) is 7.11. The molecule has 0 bridgehead atoms. The van der Waals surface area contributed by atoms with Gasteiger partial charge in [-0.25, -0.2) is 0 Å². The van der Waals surface area contributed by atoms with E-state index in [1.807, 2.05) is 0 Å². The fraction of sp³-hybridized carbons (Fsp3) is 0.647. The maximum absolute atomic E-state index is 5.98. The minimum absolute atomic E-state index is 0.260. The van der Waals surface area contributed by atoms with Gasteiger partial charge < -0.3 is 10.1 Å². The lowest BCUT2D eigenvalue weighted by molar-refractivity contribution is 0.0278. The predicted octanol–water partition coefficient (Wildman–Crippen LogP) is 4.16. The molecule has 19 heavy (non-hydrogen) atoms. The smallest absolute Gasteiger partial charge is 0.0769 e. The maximum atomic E-state index is 5.98. The molecule has 108 valence electrons. The SMILES string of the molecule is CCCC(OCC)C(NCC)c1cccc(C)c1C. The predicted molar refractivity (Wildman–Crippen MR) is 82.7 cm³/mol. The first-order chi connectivity index (χ1) is 9.15. The van der Waals surface area contributed by atoms with Crippen molar-refractivity contribution in [3.63, 3.8) is 0 Å². The van der Waals surface area contributed by atoms with E-state index >= 15 is 0 Å². The average molecular weight is 263 g/mol. The van der Waals surface area contributed by atoms with Gasteiger partial charge in [-0.1, -0.05) is 38.5 Å². The van der Waals surface area contributed by atoms with Crippen LogP contribution in [0.1, 0.15) is 56.3 Å². The largest absolute Gasteiger partial charge is 0.377 e. The van der Waals surface area contributed by atoms with Crippen LogP contribution in [0, 0.1) is 13.8 Å². The highest BCUT2D eigenvalue weighted by Crippen LogP contribution is 2.27. The molecule has 2 unspecified atom stereocenters. The van der Waals surface area contributed by atoms with Gasteiger partial charge in [-0.05, 0) is 50.4 Å². The van der Waals surface area contributed by atoms with Crippen LogP contribution >= 0.6 is 0 Å². The topological polar surface area (TPSA) is 21.3 Å². The number of aryl methyl sites for hydroxylation is 1. The Balaban J connectivity index is 3.06. The van der Waals surface area contributed by atoms with E-state index in [1.165, 1.54) is 16.7 Å². The van der Waals surface area contributed by atoms with E-state index in [1.54, 1.807) is 0 Å². The molecule has 0 aliphatic rings.